The molecule has 49 heavy (non-hydrogen) atoms. The van der Waals surface area contributed by atoms with Gasteiger partial charge in [-0.05, 0) is 70.3 Å². The normalized spacial score (nSPS) is 13.6. The van der Waals surface area contributed by atoms with Crippen LogP contribution in [0.5, 0.6) is 0 Å². The van der Waals surface area contributed by atoms with Crippen LogP contribution in [0.4, 0.5) is 0 Å². The van der Waals surface area contributed by atoms with Gasteiger partial charge in [-0.3, -0.25) is 4.98 Å². The maximum absolute atomic E-state index is 5.84. The molecule has 1 fully saturated rings. The summed E-state index contributed by atoms with van der Waals surface area (Å²) in [5.74, 6) is 1.97. The molecule has 0 N–H and O–H groups in total. The molecular weight excluding hydrogens is 795 g/mol. The molecule has 4 aromatic heterocycles. The van der Waals surface area contributed by atoms with Crippen LogP contribution >= 0.6 is 0 Å². The zero-order valence-corrected chi connectivity index (χ0v) is 33.5. The maximum Gasteiger partial charge on any atom is 0.151 e. The summed E-state index contributed by atoms with van der Waals surface area (Å²) in [7, 11) is -1.34. The van der Waals surface area contributed by atoms with Crippen LogP contribution in [0.1, 0.15) is 76.0 Å². The van der Waals surface area contributed by atoms with Gasteiger partial charge in [-0.15, -0.1) is 42.0 Å². The number of hydrogen-bond acceptors (Lipinski definition) is 4. The Morgan fingerprint density at radius 2 is 1.51 bits per heavy atom. The maximum atomic E-state index is 5.84. The third-order valence-electron chi connectivity index (χ3n) is 9.46. The van der Waals surface area contributed by atoms with Gasteiger partial charge in [-0.25, -0.2) is 0 Å². The summed E-state index contributed by atoms with van der Waals surface area (Å²) in [5, 5.41) is 3.47. The number of pyridine rings is 3. The molecule has 2 aromatic carbocycles. The van der Waals surface area contributed by atoms with Crippen LogP contribution in [-0.2, 0) is 32.9 Å². The number of furan rings is 1. The zero-order chi connectivity index (χ0) is 33.8. The van der Waals surface area contributed by atoms with E-state index in [9.17, 15) is 0 Å². The van der Waals surface area contributed by atoms with Crippen LogP contribution in [-0.4, -0.2) is 23.0 Å². The van der Waals surface area contributed by atoms with Gasteiger partial charge in [0, 0.05) is 38.2 Å². The van der Waals surface area contributed by atoms with Crippen molar-refractivity contribution in [3.63, 3.8) is 0 Å². The molecular formula is C43H49IrN3OSi-2. The molecule has 1 saturated carbocycles. The fourth-order valence-electron chi connectivity index (χ4n) is 7.02. The van der Waals surface area contributed by atoms with Crippen molar-refractivity contribution in [1.82, 2.24) is 15.0 Å². The van der Waals surface area contributed by atoms with E-state index >= 15 is 0 Å². The molecule has 1 aliphatic rings. The first-order valence-corrected chi connectivity index (χ1v) is 21.2. The minimum atomic E-state index is -1.34. The molecule has 0 saturated heterocycles. The predicted molar refractivity (Wildman–Crippen MR) is 203 cm³/mol. The molecule has 7 rings (SSSR count). The van der Waals surface area contributed by atoms with Crippen molar-refractivity contribution in [1.29, 1.82) is 0 Å². The average molecular weight is 844 g/mol. The first kappa shape index (κ1) is 36.8. The zero-order valence-electron chi connectivity index (χ0n) is 30.1. The molecule has 0 bridgehead atoms. The average Bonchev–Trinajstić information content (AvgIpc) is 3.72. The largest absolute Gasteiger partial charge is 0.482 e. The standard InChI is InChI=1S/C25H25N2O.C18H24NSi.Ir/c1-16(2)22-15-26-23(13-18(22)11-17-7-3-4-8-17)19-12-21-20-9-5-6-10-24(20)28-25(21)27-14-19;1-14(2)11-16-12-17(15-9-7-6-8-10-15)19-13-18(16)20(3,4)5;/h5-6,9-10,13-17H,3-4,7-8,11H2,1-2H3;6-9,12-14H,11H2,1-5H3;/q2*-1;. The van der Waals surface area contributed by atoms with E-state index in [0.29, 0.717) is 17.5 Å². The second-order valence-corrected chi connectivity index (χ2v) is 20.2. The van der Waals surface area contributed by atoms with Crippen LogP contribution in [0, 0.1) is 24.0 Å². The predicted octanol–water partition coefficient (Wildman–Crippen LogP) is 11.0. The SMILES string of the molecule is CC(C)Cc1cc(-c2[c-]cccc2)ncc1[Si](C)(C)C.CC(C)c1cnc(-c2[c-]c3c(nc2)oc2ccccc23)cc1CC1CCCC1.[Ir]. The van der Waals surface area contributed by atoms with Crippen LogP contribution in [0.25, 0.3) is 44.6 Å². The van der Waals surface area contributed by atoms with Gasteiger partial charge in [-0.1, -0.05) is 120 Å². The molecule has 257 valence electrons. The first-order chi connectivity index (χ1) is 23.1. The van der Waals surface area contributed by atoms with Crippen molar-refractivity contribution < 1.29 is 24.5 Å². The summed E-state index contributed by atoms with van der Waals surface area (Å²) in [6, 6.07) is 27.4. The van der Waals surface area contributed by atoms with Gasteiger partial charge in [0.2, 0.25) is 0 Å². The van der Waals surface area contributed by atoms with Crippen molar-refractivity contribution in [2.45, 2.75) is 91.8 Å². The Morgan fingerprint density at radius 1 is 0.816 bits per heavy atom. The van der Waals surface area contributed by atoms with Crippen LogP contribution in [0.15, 0.2) is 83.7 Å². The Morgan fingerprint density at radius 3 is 2.20 bits per heavy atom. The van der Waals surface area contributed by atoms with E-state index in [4.69, 9.17) is 9.40 Å². The Balaban J connectivity index is 0.000000199. The molecule has 0 spiro atoms. The molecule has 6 aromatic rings. The molecule has 4 nitrogen and oxygen atoms in total. The van der Waals surface area contributed by atoms with Crippen molar-refractivity contribution in [3.05, 3.63) is 108 Å². The number of hydrogen-bond donors (Lipinski definition) is 0. The number of fused-ring (bicyclic) bond motifs is 3. The van der Waals surface area contributed by atoms with Gasteiger partial charge in [-0.2, -0.15) is 0 Å². The molecule has 4 heterocycles. The van der Waals surface area contributed by atoms with Gasteiger partial charge < -0.3 is 14.4 Å². The van der Waals surface area contributed by atoms with Crippen LogP contribution in [0.2, 0.25) is 19.6 Å². The first-order valence-electron chi connectivity index (χ1n) is 17.7. The van der Waals surface area contributed by atoms with Crippen molar-refractivity contribution in [3.8, 4) is 22.5 Å². The summed E-state index contributed by atoms with van der Waals surface area (Å²) in [6.07, 6.45) is 13.8. The minimum Gasteiger partial charge on any atom is -0.482 e. The van der Waals surface area contributed by atoms with E-state index in [1.165, 1.54) is 47.6 Å². The Hall–Kier alpha value is -3.44. The Kier molecular flexibility index (Phi) is 12.1. The third-order valence-corrected chi connectivity index (χ3v) is 11.5. The Bertz CT molecular complexity index is 1990. The number of rotatable bonds is 8. The smallest absolute Gasteiger partial charge is 0.151 e. The van der Waals surface area contributed by atoms with E-state index in [2.05, 4.69) is 106 Å². The Labute approximate surface area is 307 Å². The number of para-hydroxylation sites is 1. The fourth-order valence-corrected chi connectivity index (χ4v) is 8.61. The molecule has 0 unspecified atom stereocenters. The van der Waals surface area contributed by atoms with E-state index in [1.807, 2.05) is 42.6 Å². The van der Waals surface area contributed by atoms with Gasteiger partial charge in [0.1, 0.15) is 0 Å². The van der Waals surface area contributed by atoms with Crippen LogP contribution < -0.4 is 5.19 Å². The van der Waals surface area contributed by atoms with E-state index < -0.39 is 8.07 Å². The molecule has 0 amide bonds. The van der Waals surface area contributed by atoms with Gasteiger partial charge in [0.05, 0.1) is 13.7 Å². The summed E-state index contributed by atoms with van der Waals surface area (Å²) in [5.41, 5.74) is 9.79. The van der Waals surface area contributed by atoms with E-state index in [0.717, 1.165) is 57.6 Å². The summed E-state index contributed by atoms with van der Waals surface area (Å²) in [4.78, 5) is 14.0. The summed E-state index contributed by atoms with van der Waals surface area (Å²) in [6.45, 7) is 16.2. The van der Waals surface area contributed by atoms with E-state index in [1.54, 1.807) is 0 Å². The molecule has 1 radical (unpaired) electrons. The van der Waals surface area contributed by atoms with Crippen molar-refractivity contribution in [2.75, 3.05) is 0 Å². The number of nitrogens with zero attached hydrogens (tertiary/aromatic N) is 3. The van der Waals surface area contributed by atoms with Crippen molar-refractivity contribution >= 4 is 35.3 Å². The monoisotopic (exact) mass is 844 g/mol. The second-order valence-electron chi connectivity index (χ2n) is 15.2. The fraction of sp³-hybridized carbons (Fsp3) is 0.372. The van der Waals surface area contributed by atoms with Crippen LogP contribution in [0.3, 0.4) is 0 Å². The molecule has 1 aliphatic carbocycles. The third kappa shape index (κ3) is 8.84. The van der Waals surface area contributed by atoms with Crippen molar-refractivity contribution in [2.24, 2.45) is 11.8 Å². The second kappa shape index (κ2) is 16.1. The van der Waals surface area contributed by atoms with Gasteiger partial charge in [0.15, 0.2) is 5.71 Å². The summed E-state index contributed by atoms with van der Waals surface area (Å²) < 4.78 is 5.84. The minimum absolute atomic E-state index is 0. The van der Waals surface area contributed by atoms with Gasteiger partial charge >= 0.3 is 0 Å². The topological polar surface area (TPSA) is 51.8 Å². The number of aromatic nitrogens is 3. The van der Waals surface area contributed by atoms with E-state index in [-0.39, 0.29) is 20.1 Å². The summed E-state index contributed by atoms with van der Waals surface area (Å²) >= 11 is 0. The molecule has 0 atom stereocenters. The van der Waals surface area contributed by atoms with Gasteiger partial charge in [0.25, 0.3) is 0 Å². The molecule has 0 aliphatic heterocycles. The molecule has 6 heteroatoms. The number of benzene rings is 2. The quantitative estimate of drug-likeness (QED) is 0.113.